The molecule has 2 fully saturated rings. The molecule has 1 aliphatic carbocycles. The second-order valence-corrected chi connectivity index (χ2v) is 9.42. The third kappa shape index (κ3) is 4.16. The van der Waals surface area contributed by atoms with Gasteiger partial charge in [0.1, 0.15) is 0 Å². The fourth-order valence-corrected chi connectivity index (χ4v) is 4.48. The number of Topliss-reactive ketones (excluding diaryl/α,β-unsaturated/α-hetero) is 1. The topological polar surface area (TPSA) is 84.0 Å². The Morgan fingerprint density at radius 2 is 1.85 bits per heavy atom. The normalized spacial score (nSPS) is 20.9. The van der Waals surface area contributed by atoms with Crippen LogP contribution in [0.5, 0.6) is 0 Å². The molecule has 0 amide bonds. The third-order valence-corrected chi connectivity index (χ3v) is 6.97. The standard InChI is InChI=1S/C19H26N2O5S/c1-20(2)27(24,25)14-9-10-16(21-11-5-6-12-21)15(13-14)19(23)26-18-8-4-3-7-17(18)22/h9-10,13,18H,3-8,11-12H2,1-2H3/t18-/m1/s1. The summed E-state index contributed by atoms with van der Waals surface area (Å²) in [5.41, 5.74) is 0.872. The summed E-state index contributed by atoms with van der Waals surface area (Å²) in [7, 11) is -0.783. The molecule has 7 nitrogen and oxygen atoms in total. The molecule has 8 heteroatoms. The number of rotatable bonds is 5. The third-order valence-electron chi connectivity index (χ3n) is 5.16. The van der Waals surface area contributed by atoms with Gasteiger partial charge in [-0.15, -0.1) is 0 Å². The van der Waals surface area contributed by atoms with Crippen molar-refractivity contribution in [1.29, 1.82) is 0 Å². The van der Waals surface area contributed by atoms with Crippen LogP contribution in [-0.4, -0.2) is 57.8 Å². The van der Waals surface area contributed by atoms with E-state index in [1.807, 2.05) is 0 Å². The highest BCUT2D eigenvalue weighted by Gasteiger charge is 2.30. The first-order chi connectivity index (χ1) is 12.8. The van der Waals surface area contributed by atoms with Gasteiger partial charge >= 0.3 is 5.97 Å². The van der Waals surface area contributed by atoms with Crippen LogP contribution < -0.4 is 4.90 Å². The number of ether oxygens (including phenoxy) is 1. The maximum absolute atomic E-state index is 12.9. The Bertz CT molecular complexity index is 829. The Kier molecular flexibility index (Phi) is 5.86. The summed E-state index contributed by atoms with van der Waals surface area (Å²) >= 11 is 0. The van der Waals surface area contributed by atoms with E-state index in [1.54, 1.807) is 6.07 Å². The highest BCUT2D eigenvalue weighted by Crippen LogP contribution is 2.30. The van der Waals surface area contributed by atoms with E-state index in [0.717, 1.165) is 43.1 Å². The zero-order valence-corrected chi connectivity index (χ0v) is 16.6. The van der Waals surface area contributed by atoms with Crippen molar-refractivity contribution in [3.63, 3.8) is 0 Å². The second-order valence-electron chi connectivity index (χ2n) is 7.27. The summed E-state index contributed by atoms with van der Waals surface area (Å²) in [4.78, 5) is 27.0. The number of hydrogen-bond acceptors (Lipinski definition) is 6. The predicted molar refractivity (Wildman–Crippen MR) is 101 cm³/mol. The van der Waals surface area contributed by atoms with Gasteiger partial charge in [-0.05, 0) is 50.3 Å². The number of anilines is 1. The van der Waals surface area contributed by atoms with Gasteiger partial charge in [-0.3, -0.25) is 4.79 Å². The monoisotopic (exact) mass is 394 g/mol. The number of carbonyl (C=O) groups excluding carboxylic acids is 2. The lowest BCUT2D eigenvalue weighted by Gasteiger charge is -2.24. The molecule has 0 bridgehead atoms. The Balaban J connectivity index is 1.96. The maximum atomic E-state index is 12.9. The summed E-state index contributed by atoms with van der Waals surface area (Å²) in [5.74, 6) is -0.692. The molecule has 3 rings (SSSR count). The highest BCUT2D eigenvalue weighted by atomic mass is 32.2. The van der Waals surface area contributed by atoms with Gasteiger partial charge in [0, 0.05) is 33.6 Å². The Morgan fingerprint density at radius 3 is 2.48 bits per heavy atom. The minimum absolute atomic E-state index is 0.0392. The molecule has 2 aliphatic rings. The summed E-state index contributed by atoms with van der Waals surface area (Å²) in [6.07, 6.45) is 3.93. The minimum Gasteiger partial charge on any atom is -0.451 e. The van der Waals surface area contributed by atoms with E-state index >= 15 is 0 Å². The van der Waals surface area contributed by atoms with E-state index in [0.29, 0.717) is 18.5 Å². The molecule has 1 aromatic rings. The van der Waals surface area contributed by atoms with Gasteiger partial charge in [0.2, 0.25) is 10.0 Å². The summed E-state index contributed by atoms with van der Waals surface area (Å²) in [6.45, 7) is 1.62. The van der Waals surface area contributed by atoms with Gasteiger partial charge in [-0.2, -0.15) is 0 Å². The Labute approximate surface area is 160 Å². The van der Waals surface area contributed by atoms with Crippen molar-refractivity contribution in [3.05, 3.63) is 23.8 Å². The SMILES string of the molecule is CN(C)S(=O)(=O)c1ccc(N2CCCC2)c(C(=O)O[C@@H]2CCCCC2=O)c1. The molecule has 1 aliphatic heterocycles. The molecule has 0 unspecified atom stereocenters. The number of hydrogen-bond donors (Lipinski definition) is 0. The van der Waals surface area contributed by atoms with Gasteiger partial charge in [0.15, 0.2) is 11.9 Å². The lowest BCUT2D eigenvalue weighted by molar-refractivity contribution is -0.129. The molecule has 1 heterocycles. The average Bonchev–Trinajstić information content (AvgIpc) is 3.17. The van der Waals surface area contributed by atoms with Crippen molar-refractivity contribution < 1.29 is 22.7 Å². The molecule has 0 radical (unpaired) electrons. The van der Waals surface area contributed by atoms with Crippen molar-refractivity contribution >= 4 is 27.5 Å². The number of esters is 1. The molecule has 1 aromatic carbocycles. The molecular formula is C19H26N2O5S. The predicted octanol–water partition coefficient (Wildman–Crippen LogP) is 2.21. The van der Waals surface area contributed by atoms with Crippen LogP contribution in [-0.2, 0) is 19.6 Å². The zero-order valence-electron chi connectivity index (χ0n) is 15.8. The summed E-state index contributed by atoms with van der Waals surface area (Å²) in [5, 5.41) is 0. The number of sulfonamides is 1. The first kappa shape index (κ1) is 19.8. The average molecular weight is 394 g/mol. The van der Waals surface area contributed by atoms with Crippen molar-refractivity contribution in [2.45, 2.75) is 49.5 Å². The smallest absolute Gasteiger partial charge is 0.341 e. The first-order valence-electron chi connectivity index (χ1n) is 9.36. The van der Waals surface area contributed by atoms with Crippen molar-refractivity contribution in [2.75, 3.05) is 32.1 Å². The van der Waals surface area contributed by atoms with Gasteiger partial charge in [0.05, 0.1) is 16.1 Å². The van der Waals surface area contributed by atoms with Crippen LogP contribution in [0.2, 0.25) is 0 Å². The largest absolute Gasteiger partial charge is 0.451 e. The van der Waals surface area contributed by atoms with Gasteiger partial charge in [0.25, 0.3) is 0 Å². The lowest BCUT2D eigenvalue weighted by Crippen LogP contribution is -2.31. The summed E-state index contributed by atoms with van der Waals surface area (Å²) in [6, 6.07) is 4.56. The molecule has 1 atom stereocenters. The van der Waals surface area contributed by atoms with Crippen LogP contribution in [0.25, 0.3) is 0 Å². The molecule has 0 N–H and O–H groups in total. The minimum atomic E-state index is -3.68. The van der Waals surface area contributed by atoms with Crippen molar-refractivity contribution in [1.82, 2.24) is 4.31 Å². The quantitative estimate of drug-likeness (QED) is 0.712. The maximum Gasteiger partial charge on any atom is 0.341 e. The van der Waals surface area contributed by atoms with Gasteiger partial charge in [-0.1, -0.05) is 0 Å². The van der Waals surface area contributed by atoms with E-state index in [1.165, 1.54) is 26.2 Å². The molecule has 27 heavy (non-hydrogen) atoms. The van der Waals surface area contributed by atoms with Crippen LogP contribution in [0.4, 0.5) is 5.69 Å². The van der Waals surface area contributed by atoms with E-state index < -0.39 is 22.1 Å². The van der Waals surface area contributed by atoms with Crippen LogP contribution in [0.1, 0.15) is 48.9 Å². The molecule has 148 valence electrons. The van der Waals surface area contributed by atoms with Crippen molar-refractivity contribution in [2.24, 2.45) is 0 Å². The molecule has 1 saturated heterocycles. The van der Waals surface area contributed by atoms with Crippen LogP contribution >= 0.6 is 0 Å². The summed E-state index contributed by atoms with van der Waals surface area (Å²) < 4.78 is 31.6. The first-order valence-corrected chi connectivity index (χ1v) is 10.8. The van der Waals surface area contributed by atoms with E-state index in [4.69, 9.17) is 4.74 Å². The van der Waals surface area contributed by atoms with Crippen molar-refractivity contribution in [3.8, 4) is 0 Å². The highest BCUT2D eigenvalue weighted by molar-refractivity contribution is 7.89. The fraction of sp³-hybridized carbons (Fsp3) is 0.579. The van der Waals surface area contributed by atoms with E-state index in [2.05, 4.69) is 4.90 Å². The number of carbonyl (C=O) groups is 2. The Morgan fingerprint density at radius 1 is 1.15 bits per heavy atom. The van der Waals surface area contributed by atoms with E-state index in [-0.39, 0.29) is 16.2 Å². The Hall–Kier alpha value is -1.93. The number of benzene rings is 1. The molecule has 0 aromatic heterocycles. The molecule has 1 saturated carbocycles. The van der Waals surface area contributed by atoms with Crippen LogP contribution in [0, 0.1) is 0 Å². The van der Waals surface area contributed by atoms with Crippen LogP contribution in [0.15, 0.2) is 23.1 Å². The zero-order chi connectivity index (χ0) is 19.6. The van der Waals surface area contributed by atoms with Gasteiger partial charge in [-0.25, -0.2) is 17.5 Å². The molecule has 0 spiro atoms. The van der Waals surface area contributed by atoms with E-state index in [9.17, 15) is 18.0 Å². The number of nitrogens with zero attached hydrogens (tertiary/aromatic N) is 2. The second kappa shape index (κ2) is 7.98. The lowest BCUT2D eigenvalue weighted by atomic mass is 9.96. The fourth-order valence-electron chi connectivity index (χ4n) is 3.55. The molecular weight excluding hydrogens is 368 g/mol. The van der Waals surface area contributed by atoms with Crippen LogP contribution in [0.3, 0.4) is 0 Å². The van der Waals surface area contributed by atoms with Gasteiger partial charge < -0.3 is 9.64 Å². The number of ketones is 1.